The van der Waals surface area contributed by atoms with Gasteiger partial charge in [0.1, 0.15) is 17.5 Å². The summed E-state index contributed by atoms with van der Waals surface area (Å²) in [4.78, 5) is 0.955. The molecule has 3 heteroatoms. The molecular formula is C15H16O2S. The minimum Gasteiger partial charge on any atom is -0.487 e. The fourth-order valence-electron chi connectivity index (χ4n) is 2.45. The first-order chi connectivity index (χ1) is 8.57. The Kier molecular flexibility index (Phi) is 2.68. The maximum absolute atomic E-state index is 10.4. The molecule has 0 aliphatic carbocycles. The number of hydrogen-bond acceptors (Lipinski definition) is 3. The third kappa shape index (κ3) is 1.93. The highest BCUT2D eigenvalue weighted by Gasteiger charge is 2.33. The van der Waals surface area contributed by atoms with Crippen LogP contribution in [0.5, 0.6) is 5.75 Å². The molecule has 18 heavy (non-hydrogen) atoms. The highest BCUT2D eigenvalue weighted by Crippen LogP contribution is 2.41. The predicted molar refractivity (Wildman–Crippen MR) is 73.2 cm³/mol. The molecule has 0 bridgehead atoms. The summed E-state index contributed by atoms with van der Waals surface area (Å²) in [6.07, 6.45) is 0.307. The molecule has 1 aromatic heterocycles. The van der Waals surface area contributed by atoms with Crippen molar-refractivity contribution in [2.24, 2.45) is 0 Å². The molecule has 0 saturated carbocycles. The van der Waals surface area contributed by atoms with Crippen molar-refractivity contribution in [3.63, 3.8) is 0 Å². The number of aliphatic hydroxyl groups is 1. The molecule has 2 heterocycles. The number of benzene rings is 1. The molecule has 1 N–H and O–H groups in total. The van der Waals surface area contributed by atoms with Gasteiger partial charge in [-0.25, -0.2) is 0 Å². The van der Waals surface area contributed by atoms with Crippen molar-refractivity contribution >= 4 is 11.3 Å². The summed E-state index contributed by atoms with van der Waals surface area (Å²) in [5.41, 5.74) is 1.89. The Morgan fingerprint density at radius 2 is 2.11 bits per heavy atom. The van der Waals surface area contributed by atoms with E-state index in [2.05, 4.69) is 19.9 Å². The van der Waals surface area contributed by atoms with E-state index in [4.69, 9.17) is 4.74 Å². The molecule has 1 aliphatic heterocycles. The maximum Gasteiger partial charge on any atom is 0.129 e. The fourth-order valence-corrected chi connectivity index (χ4v) is 3.18. The number of para-hydroxylation sites is 1. The molecule has 0 fully saturated rings. The number of aliphatic hydroxyl groups excluding tert-OH is 1. The highest BCUT2D eigenvalue weighted by molar-refractivity contribution is 7.10. The third-order valence-electron chi connectivity index (χ3n) is 3.23. The lowest BCUT2D eigenvalue weighted by Crippen LogP contribution is -2.25. The quantitative estimate of drug-likeness (QED) is 0.895. The minimum absolute atomic E-state index is 0.173. The number of hydrogen-bond donors (Lipinski definition) is 1. The molecule has 3 rings (SSSR count). The van der Waals surface area contributed by atoms with E-state index >= 15 is 0 Å². The Bertz CT molecular complexity index is 558. The van der Waals surface area contributed by atoms with Gasteiger partial charge in [0.15, 0.2) is 0 Å². The van der Waals surface area contributed by atoms with Gasteiger partial charge in [0, 0.05) is 16.9 Å². The van der Waals surface area contributed by atoms with Gasteiger partial charge < -0.3 is 9.84 Å². The van der Waals surface area contributed by atoms with Crippen LogP contribution in [0.1, 0.15) is 36.0 Å². The highest BCUT2D eigenvalue weighted by atomic mass is 32.1. The molecule has 2 aromatic rings. The molecule has 0 radical (unpaired) electrons. The molecule has 1 unspecified atom stereocenters. The van der Waals surface area contributed by atoms with Crippen LogP contribution in [0.25, 0.3) is 0 Å². The van der Waals surface area contributed by atoms with Crippen molar-refractivity contribution in [2.45, 2.75) is 32.0 Å². The van der Waals surface area contributed by atoms with Crippen LogP contribution in [0, 0.1) is 0 Å². The van der Waals surface area contributed by atoms with E-state index in [9.17, 15) is 5.11 Å². The number of thiophene rings is 1. The van der Waals surface area contributed by atoms with E-state index in [0.29, 0.717) is 0 Å². The van der Waals surface area contributed by atoms with Crippen LogP contribution in [0.2, 0.25) is 0 Å². The largest absolute Gasteiger partial charge is 0.487 e. The molecule has 94 valence electrons. The van der Waals surface area contributed by atoms with E-state index in [1.807, 2.05) is 29.6 Å². The molecule has 1 aromatic carbocycles. The van der Waals surface area contributed by atoms with Crippen LogP contribution in [-0.2, 0) is 6.42 Å². The normalized spacial score (nSPS) is 18.2. The molecule has 1 aliphatic rings. The Hall–Kier alpha value is -1.32. The third-order valence-corrected chi connectivity index (χ3v) is 4.15. The first-order valence-electron chi connectivity index (χ1n) is 6.09. The number of ether oxygens (including phenoxy) is 1. The first kappa shape index (κ1) is 11.8. The number of fused-ring (bicyclic) bond motifs is 1. The van der Waals surface area contributed by atoms with Crippen molar-refractivity contribution < 1.29 is 9.84 Å². The smallest absolute Gasteiger partial charge is 0.129 e. The van der Waals surface area contributed by atoms with E-state index in [1.165, 1.54) is 5.56 Å². The monoisotopic (exact) mass is 260 g/mol. The van der Waals surface area contributed by atoms with Crippen molar-refractivity contribution in [2.75, 3.05) is 0 Å². The SMILES string of the molecule is CC1(C)Cc2cccc(C(O)c3cccs3)c2O1. The fraction of sp³-hybridized carbons (Fsp3) is 0.333. The maximum atomic E-state index is 10.4. The summed E-state index contributed by atoms with van der Waals surface area (Å²) in [5.74, 6) is 0.864. The zero-order valence-electron chi connectivity index (χ0n) is 10.5. The second-order valence-corrected chi connectivity index (χ2v) is 6.27. The van der Waals surface area contributed by atoms with Crippen molar-refractivity contribution in [1.29, 1.82) is 0 Å². The molecule has 0 spiro atoms. The lowest BCUT2D eigenvalue weighted by atomic mass is 9.98. The van der Waals surface area contributed by atoms with E-state index < -0.39 is 6.10 Å². The van der Waals surface area contributed by atoms with E-state index in [-0.39, 0.29) is 5.60 Å². The predicted octanol–water partition coefficient (Wildman–Crippen LogP) is 3.54. The zero-order chi connectivity index (χ0) is 12.8. The Labute approximate surface area is 111 Å². The second-order valence-electron chi connectivity index (χ2n) is 5.29. The van der Waals surface area contributed by atoms with Gasteiger partial charge in [-0.2, -0.15) is 0 Å². The summed E-state index contributed by atoms with van der Waals surface area (Å²) < 4.78 is 5.99. The molecular weight excluding hydrogens is 244 g/mol. The molecule has 1 atom stereocenters. The molecule has 0 saturated heterocycles. The molecule has 0 amide bonds. The van der Waals surface area contributed by atoms with Crippen LogP contribution in [0.4, 0.5) is 0 Å². The van der Waals surface area contributed by atoms with Gasteiger partial charge in [0.25, 0.3) is 0 Å². The van der Waals surface area contributed by atoms with Gasteiger partial charge in [-0.05, 0) is 30.9 Å². The van der Waals surface area contributed by atoms with E-state index in [0.717, 1.165) is 22.6 Å². The van der Waals surface area contributed by atoms with Gasteiger partial charge in [0.05, 0.1) is 0 Å². The van der Waals surface area contributed by atoms with Crippen molar-refractivity contribution in [1.82, 2.24) is 0 Å². The van der Waals surface area contributed by atoms with Crippen LogP contribution < -0.4 is 4.74 Å². The van der Waals surface area contributed by atoms with Crippen LogP contribution in [-0.4, -0.2) is 10.7 Å². The average molecular weight is 260 g/mol. The topological polar surface area (TPSA) is 29.5 Å². The van der Waals surface area contributed by atoms with Crippen LogP contribution in [0.3, 0.4) is 0 Å². The van der Waals surface area contributed by atoms with E-state index in [1.54, 1.807) is 11.3 Å². The standard InChI is InChI=1S/C15H16O2S/c1-15(2)9-10-5-3-6-11(14(10)17-15)13(16)12-7-4-8-18-12/h3-8,13,16H,9H2,1-2H3. The summed E-state index contributed by atoms with van der Waals surface area (Å²) in [6, 6.07) is 9.93. The summed E-state index contributed by atoms with van der Waals surface area (Å²) in [5, 5.41) is 12.4. The molecule has 2 nitrogen and oxygen atoms in total. The van der Waals surface area contributed by atoms with Gasteiger partial charge in [0.2, 0.25) is 0 Å². The van der Waals surface area contributed by atoms with Crippen LogP contribution in [0.15, 0.2) is 35.7 Å². The Balaban J connectivity index is 2.03. The number of rotatable bonds is 2. The van der Waals surface area contributed by atoms with Crippen LogP contribution >= 0.6 is 11.3 Å². The van der Waals surface area contributed by atoms with Crippen molar-refractivity contribution in [3.8, 4) is 5.75 Å². The Morgan fingerprint density at radius 1 is 1.28 bits per heavy atom. The van der Waals surface area contributed by atoms with Gasteiger partial charge >= 0.3 is 0 Å². The summed E-state index contributed by atoms with van der Waals surface area (Å²) in [6.45, 7) is 4.16. The average Bonchev–Trinajstić information content (AvgIpc) is 2.91. The summed E-state index contributed by atoms with van der Waals surface area (Å²) in [7, 11) is 0. The van der Waals surface area contributed by atoms with Gasteiger partial charge in [-0.3, -0.25) is 0 Å². The summed E-state index contributed by atoms with van der Waals surface area (Å²) >= 11 is 1.57. The zero-order valence-corrected chi connectivity index (χ0v) is 11.3. The Morgan fingerprint density at radius 3 is 2.83 bits per heavy atom. The van der Waals surface area contributed by atoms with Gasteiger partial charge in [-0.1, -0.05) is 24.3 Å². The first-order valence-corrected chi connectivity index (χ1v) is 6.97. The lowest BCUT2D eigenvalue weighted by Gasteiger charge is -2.19. The minimum atomic E-state index is -0.589. The van der Waals surface area contributed by atoms with Crippen molar-refractivity contribution in [3.05, 3.63) is 51.7 Å². The second kappa shape index (κ2) is 4.11. The lowest BCUT2D eigenvalue weighted by molar-refractivity contribution is 0.131. The van der Waals surface area contributed by atoms with Gasteiger partial charge in [-0.15, -0.1) is 11.3 Å².